The van der Waals surface area contributed by atoms with Gasteiger partial charge in [0.05, 0.1) is 12.2 Å². The lowest BCUT2D eigenvalue weighted by atomic mass is 10.4. The van der Waals surface area contributed by atoms with E-state index in [0.29, 0.717) is 6.54 Å². The number of guanidine groups is 1. The first-order chi connectivity index (χ1) is 10.7. The second-order valence-corrected chi connectivity index (χ2v) is 5.12. The molecule has 0 spiro atoms. The zero-order chi connectivity index (χ0) is 15.8. The van der Waals surface area contributed by atoms with Crippen LogP contribution in [-0.4, -0.2) is 34.0 Å². The molecule has 0 radical (unpaired) electrons. The third-order valence-electron chi connectivity index (χ3n) is 3.18. The summed E-state index contributed by atoms with van der Waals surface area (Å²) in [5.74, 6) is 0.791. The van der Waals surface area contributed by atoms with Gasteiger partial charge in [-0.3, -0.25) is 4.68 Å². The fourth-order valence-electron chi connectivity index (χ4n) is 2.16. The van der Waals surface area contributed by atoms with Gasteiger partial charge < -0.3 is 15.2 Å². The van der Waals surface area contributed by atoms with Gasteiger partial charge in [0.2, 0.25) is 0 Å². The topological polar surface area (TPSA) is 80.3 Å². The lowest BCUT2D eigenvalue weighted by molar-refractivity contribution is 0.412. The first-order valence-electron chi connectivity index (χ1n) is 7.61. The molecule has 8 heteroatoms. The third-order valence-corrected chi connectivity index (χ3v) is 3.18. The smallest absolute Gasteiger partial charge is 0.191 e. The Morgan fingerprint density at radius 2 is 2.17 bits per heavy atom. The van der Waals surface area contributed by atoms with Crippen molar-refractivity contribution in [2.75, 3.05) is 13.1 Å². The Bertz CT molecular complexity index is 593. The van der Waals surface area contributed by atoms with Gasteiger partial charge in [0, 0.05) is 31.4 Å². The lowest BCUT2D eigenvalue weighted by Crippen LogP contribution is -2.38. The van der Waals surface area contributed by atoms with Crippen LogP contribution in [0.15, 0.2) is 27.9 Å². The van der Waals surface area contributed by atoms with Crippen LogP contribution < -0.4 is 10.6 Å². The summed E-state index contributed by atoms with van der Waals surface area (Å²) < 4.78 is 6.84. The standard InChI is InChI=1S/C15H24N6O.HI/c1-4-16-15(18-11-14-6-9-22-20-14)17-7-5-8-21-13(3)10-12(2)19-21;/h6,9-10H,4-5,7-8,11H2,1-3H3,(H2,16,17,18);1H. The zero-order valence-corrected chi connectivity index (χ0v) is 16.2. The van der Waals surface area contributed by atoms with E-state index < -0.39 is 0 Å². The fraction of sp³-hybridized carbons (Fsp3) is 0.533. The number of halogens is 1. The van der Waals surface area contributed by atoms with Gasteiger partial charge in [0.15, 0.2) is 5.96 Å². The van der Waals surface area contributed by atoms with Gasteiger partial charge in [-0.1, -0.05) is 5.16 Å². The quantitative estimate of drug-likeness (QED) is 0.304. The molecule has 2 aromatic heterocycles. The van der Waals surface area contributed by atoms with E-state index in [1.54, 1.807) is 6.26 Å². The molecule has 0 fully saturated rings. The third kappa shape index (κ3) is 6.59. The molecule has 0 amide bonds. The summed E-state index contributed by atoms with van der Waals surface area (Å²) in [5, 5.41) is 14.8. The Kier molecular flexibility index (Phi) is 8.67. The maximum absolute atomic E-state index is 4.80. The SMILES string of the molecule is CCNC(=NCc1ccon1)NCCCn1nc(C)cc1C.I. The zero-order valence-electron chi connectivity index (χ0n) is 13.9. The number of aromatic nitrogens is 3. The molecule has 0 atom stereocenters. The summed E-state index contributed by atoms with van der Waals surface area (Å²) in [4.78, 5) is 4.47. The Morgan fingerprint density at radius 3 is 2.78 bits per heavy atom. The largest absolute Gasteiger partial charge is 0.364 e. The van der Waals surface area contributed by atoms with Crippen molar-refractivity contribution >= 4 is 29.9 Å². The van der Waals surface area contributed by atoms with Crippen LogP contribution in [0, 0.1) is 13.8 Å². The maximum atomic E-state index is 4.80. The average Bonchev–Trinajstić information content (AvgIpc) is 3.10. The molecule has 7 nitrogen and oxygen atoms in total. The van der Waals surface area contributed by atoms with E-state index in [4.69, 9.17) is 4.52 Å². The van der Waals surface area contributed by atoms with Crippen molar-refractivity contribution in [3.63, 3.8) is 0 Å². The van der Waals surface area contributed by atoms with Crippen LogP contribution in [0.3, 0.4) is 0 Å². The van der Waals surface area contributed by atoms with Gasteiger partial charge >= 0.3 is 0 Å². The Balaban J connectivity index is 0.00000264. The van der Waals surface area contributed by atoms with E-state index in [9.17, 15) is 0 Å². The summed E-state index contributed by atoms with van der Waals surface area (Å²) in [7, 11) is 0. The van der Waals surface area contributed by atoms with Crippen molar-refractivity contribution in [2.24, 2.45) is 4.99 Å². The van der Waals surface area contributed by atoms with Gasteiger partial charge in [0.25, 0.3) is 0 Å². The number of rotatable bonds is 7. The molecule has 0 aliphatic rings. The molecule has 2 heterocycles. The highest BCUT2D eigenvalue weighted by molar-refractivity contribution is 14.0. The first-order valence-corrected chi connectivity index (χ1v) is 7.61. The molecule has 0 unspecified atom stereocenters. The molecular weight excluding hydrogens is 407 g/mol. The number of aryl methyl sites for hydroxylation is 3. The summed E-state index contributed by atoms with van der Waals surface area (Å²) in [6.45, 7) is 9.20. The predicted molar refractivity (Wildman–Crippen MR) is 101 cm³/mol. The molecule has 0 aliphatic heterocycles. The highest BCUT2D eigenvalue weighted by atomic mass is 127. The molecule has 0 aliphatic carbocycles. The maximum Gasteiger partial charge on any atom is 0.191 e. The molecule has 0 aromatic carbocycles. The lowest BCUT2D eigenvalue weighted by Gasteiger charge is -2.11. The molecular formula is C15H25IN6O. The van der Waals surface area contributed by atoms with E-state index in [0.717, 1.165) is 43.4 Å². The molecule has 0 saturated heterocycles. The van der Waals surface area contributed by atoms with E-state index >= 15 is 0 Å². The van der Waals surface area contributed by atoms with Crippen LogP contribution in [0.25, 0.3) is 0 Å². The summed E-state index contributed by atoms with van der Waals surface area (Å²) >= 11 is 0. The fourth-order valence-corrected chi connectivity index (χ4v) is 2.16. The molecule has 128 valence electrons. The molecule has 2 rings (SSSR count). The van der Waals surface area contributed by atoms with Crippen molar-refractivity contribution in [1.29, 1.82) is 0 Å². The average molecular weight is 432 g/mol. The van der Waals surface area contributed by atoms with Crippen LogP contribution in [-0.2, 0) is 13.1 Å². The van der Waals surface area contributed by atoms with Crippen molar-refractivity contribution in [2.45, 2.75) is 40.3 Å². The van der Waals surface area contributed by atoms with Crippen LogP contribution in [0.4, 0.5) is 0 Å². The minimum atomic E-state index is 0. The Labute approximate surface area is 153 Å². The highest BCUT2D eigenvalue weighted by Crippen LogP contribution is 2.02. The molecule has 0 saturated carbocycles. The second kappa shape index (κ2) is 10.2. The molecule has 23 heavy (non-hydrogen) atoms. The number of aliphatic imine (C=N–C) groups is 1. The minimum absolute atomic E-state index is 0. The number of hydrogen-bond acceptors (Lipinski definition) is 4. The van der Waals surface area contributed by atoms with Crippen molar-refractivity contribution in [3.05, 3.63) is 35.5 Å². The monoisotopic (exact) mass is 432 g/mol. The first kappa shape index (κ1) is 19.5. The van der Waals surface area contributed by atoms with Gasteiger partial charge in [-0.15, -0.1) is 24.0 Å². The number of nitrogens with zero attached hydrogens (tertiary/aromatic N) is 4. The van der Waals surface area contributed by atoms with Gasteiger partial charge in [-0.05, 0) is 33.3 Å². The number of hydrogen-bond donors (Lipinski definition) is 2. The molecule has 0 bridgehead atoms. The molecule has 2 N–H and O–H groups in total. The highest BCUT2D eigenvalue weighted by Gasteiger charge is 2.02. The van der Waals surface area contributed by atoms with Crippen molar-refractivity contribution in [1.82, 2.24) is 25.6 Å². The summed E-state index contributed by atoms with van der Waals surface area (Å²) in [6, 6.07) is 3.91. The Hall–Kier alpha value is -1.58. The summed E-state index contributed by atoms with van der Waals surface area (Å²) in [5.41, 5.74) is 3.08. The van der Waals surface area contributed by atoms with Crippen LogP contribution in [0.1, 0.15) is 30.4 Å². The van der Waals surface area contributed by atoms with Gasteiger partial charge in [0.1, 0.15) is 12.0 Å². The van der Waals surface area contributed by atoms with Crippen LogP contribution >= 0.6 is 24.0 Å². The normalized spacial score (nSPS) is 11.2. The van der Waals surface area contributed by atoms with E-state index in [1.165, 1.54) is 5.69 Å². The number of nitrogens with one attached hydrogen (secondary N) is 2. The van der Waals surface area contributed by atoms with E-state index in [2.05, 4.69) is 38.9 Å². The molecule has 2 aromatic rings. The van der Waals surface area contributed by atoms with Crippen LogP contribution in [0.5, 0.6) is 0 Å². The minimum Gasteiger partial charge on any atom is -0.364 e. The van der Waals surface area contributed by atoms with Gasteiger partial charge in [-0.2, -0.15) is 5.10 Å². The Morgan fingerprint density at radius 1 is 1.35 bits per heavy atom. The van der Waals surface area contributed by atoms with Crippen molar-refractivity contribution in [3.8, 4) is 0 Å². The van der Waals surface area contributed by atoms with E-state index in [-0.39, 0.29) is 24.0 Å². The van der Waals surface area contributed by atoms with Crippen molar-refractivity contribution < 1.29 is 4.52 Å². The summed E-state index contributed by atoms with van der Waals surface area (Å²) in [6.07, 6.45) is 2.54. The predicted octanol–water partition coefficient (Wildman–Crippen LogP) is 2.25. The second-order valence-electron chi connectivity index (χ2n) is 5.12. The van der Waals surface area contributed by atoms with E-state index in [1.807, 2.05) is 24.6 Å². The van der Waals surface area contributed by atoms with Gasteiger partial charge in [-0.25, -0.2) is 4.99 Å². The van der Waals surface area contributed by atoms with Crippen LogP contribution in [0.2, 0.25) is 0 Å².